The van der Waals surface area contributed by atoms with Crippen molar-refractivity contribution < 1.29 is 14.3 Å². The zero-order valence-electron chi connectivity index (χ0n) is 18.8. The Hall–Kier alpha value is -3.88. The summed E-state index contributed by atoms with van der Waals surface area (Å²) in [5.41, 5.74) is 0.554. The molecule has 1 saturated heterocycles. The van der Waals surface area contributed by atoms with Gasteiger partial charge in [-0.3, -0.25) is 9.59 Å². The van der Waals surface area contributed by atoms with Crippen molar-refractivity contribution >= 4 is 45.6 Å². The largest absolute Gasteiger partial charge is 0.497 e. The molecular formula is C29H24NO3P. The molecule has 1 aliphatic rings. The molecule has 2 amide bonds. The summed E-state index contributed by atoms with van der Waals surface area (Å²) in [5.74, 6) is 0.226. The number of benzene rings is 4. The van der Waals surface area contributed by atoms with E-state index < -0.39 is 6.89 Å². The SMILES string of the molecule is COc1ccc(N2C(=O)CC(=P(c3ccccc3)(c3ccccc3)c3ccccc3)C2=O)cc1. The number of ether oxygens (including phenoxy) is 1. The van der Waals surface area contributed by atoms with Crippen molar-refractivity contribution in [3.8, 4) is 5.75 Å². The van der Waals surface area contributed by atoms with E-state index in [0.29, 0.717) is 16.7 Å². The third kappa shape index (κ3) is 3.57. The first kappa shape index (κ1) is 21.9. The summed E-state index contributed by atoms with van der Waals surface area (Å²) in [6.07, 6.45) is 0.0807. The minimum atomic E-state index is -2.59. The number of hydrogen-bond donors (Lipinski definition) is 0. The monoisotopic (exact) mass is 465 g/mol. The number of rotatable bonds is 5. The molecule has 0 unspecified atom stereocenters. The van der Waals surface area contributed by atoms with Crippen molar-refractivity contribution in [2.24, 2.45) is 0 Å². The van der Waals surface area contributed by atoms with Crippen LogP contribution in [0.2, 0.25) is 0 Å². The molecule has 168 valence electrons. The summed E-state index contributed by atoms with van der Waals surface area (Å²) < 4.78 is 5.25. The number of carbonyl (C=O) groups is 2. The van der Waals surface area contributed by atoms with Crippen molar-refractivity contribution in [2.45, 2.75) is 6.42 Å². The van der Waals surface area contributed by atoms with Gasteiger partial charge in [0.05, 0.1) is 19.2 Å². The molecule has 0 atom stereocenters. The highest BCUT2D eigenvalue weighted by atomic mass is 31.2. The highest BCUT2D eigenvalue weighted by Gasteiger charge is 2.43. The summed E-state index contributed by atoms with van der Waals surface area (Å²) in [5, 5.41) is 3.82. The normalized spacial score (nSPS) is 13.9. The van der Waals surface area contributed by atoms with E-state index in [-0.39, 0.29) is 18.2 Å². The number of amides is 2. The van der Waals surface area contributed by atoms with Gasteiger partial charge in [0.25, 0.3) is 5.91 Å². The summed E-state index contributed by atoms with van der Waals surface area (Å²) in [6.45, 7) is -2.59. The molecule has 0 N–H and O–H groups in total. The van der Waals surface area contributed by atoms with Gasteiger partial charge in [-0.15, -0.1) is 0 Å². The minimum absolute atomic E-state index is 0.0807. The van der Waals surface area contributed by atoms with Gasteiger partial charge in [0.15, 0.2) is 0 Å². The van der Waals surface area contributed by atoms with Crippen molar-refractivity contribution in [2.75, 3.05) is 12.0 Å². The van der Waals surface area contributed by atoms with E-state index >= 15 is 0 Å². The molecule has 5 heteroatoms. The van der Waals surface area contributed by atoms with Crippen LogP contribution < -0.4 is 25.6 Å². The third-order valence-corrected chi connectivity index (χ3v) is 10.6. The highest BCUT2D eigenvalue weighted by Crippen LogP contribution is 2.48. The van der Waals surface area contributed by atoms with Crippen LogP contribution in [-0.4, -0.2) is 24.2 Å². The first-order valence-electron chi connectivity index (χ1n) is 11.1. The summed E-state index contributed by atoms with van der Waals surface area (Å²) in [6, 6.07) is 37.4. The predicted molar refractivity (Wildman–Crippen MR) is 140 cm³/mol. The summed E-state index contributed by atoms with van der Waals surface area (Å²) in [7, 11) is 1.59. The Bertz CT molecular complexity index is 1280. The first-order valence-corrected chi connectivity index (χ1v) is 12.9. The van der Waals surface area contributed by atoms with Gasteiger partial charge in [-0.05, 0) is 47.1 Å². The molecule has 0 aromatic heterocycles. The lowest BCUT2D eigenvalue weighted by molar-refractivity contribution is -0.120. The van der Waals surface area contributed by atoms with E-state index in [1.54, 1.807) is 31.4 Å². The molecule has 4 nitrogen and oxygen atoms in total. The molecule has 4 aromatic carbocycles. The van der Waals surface area contributed by atoms with Crippen LogP contribution in [0, 0.1) is 0 Å². The van der Waals surface area contributed by atoms with E-state index in [4.69, 9.17) is 4.74 Å². The summed E-state index contributed by atoms with van der Waals surface area (Å²) >= 11 is 0. The van der Waals surface area contributed by atoms with Crippen LogP contribution in [0.15, 0.2) is 115 Å². The maximum atomic E-state index is 14.1. The number of imide groups is 1. The molecule has 34 heavy (non-hydrogen) atoms. The van der Waals surface area contributed by atoms with E-state index in [1.165, 1.54) is 4.90 Å². The van der Waals surface area contributed by atoms with Gasteiger partial charge in [-0.1, -0.05) is 91.0 Å². The van der Waals surface area contributed by atoms with E-state index in [1.807, 2.05) is 54.6 Å². The lowest BCUT2D eigenvalue weighted by atomic mass is 10.3. The minimum Gasteiger partial charge on any atom is -0.497 e. The van der Waals surface area contributed by atoms with Crippen LogP contribution in [0.25, 0.3) is 0 Å². The van der Waals surface area contributed by atoms with Gasteiger partial charge in [-0.25, -0.2) is 4.90 Å². The molecule has 1 heterocycles. The number of carbonyl (C=O) groups excluding carboxylic acids is 2. The van der Waals surface area contributed by atoms with Crippen LogP contribution in [0.4, 0.5) is 5.69 Å². The number of anilines is 1. The zero-order valence-corrected chi connectivity index (χ0v) is 19.7. The Morgan fingerprint density at radius 2 is 1.09 bits per heavy atom. The fourth-order valence-electron chi connectivity index (χ4n) is 4.66. The maximum Gasteiger partial charge on any atom is 0.262 e. The lowest BCUT2D eigenvalue weighted by Gasteiger charge is -2.31. The van der Waals surface area contributed by atoms with Crippen LogP contribution in [0.5, 0.6) is 5.75 Å². The van der Waals surface area contributed by atoms with Crippen LogP contribution in [-0.2, 0) is 9.59 Å². The molecule has 1 fully saturated rings. The maximum absolute atomic E-state index is 14.1. The number of nitrogens with zero attached hydrogens (tertiary/aromatic N) is 1. The zero-order chi connectivity index (χ0) is 23.5. The lowest BCUT2D eigenvalue weighted by Crippen LogP contribution is -2.35. The predicted octanol–water partition coefficient (Wildman–Crippen LogP) is 4.13. The van der Waals surface area contributed by atoms with Crippen LogP contribution in [0.3, 0.4) is 0 Å². The second-order valence-corrected chi connectivity index (χ2v) is 11.5. The molecule has 0 radical (unpaired) electrons. The first-order chi connectivity index (χ1) is 16.7. The fourth-order valence-corrected chi connectivity index (χ4v) is 9.11. The molecule has 4 aromatic rings. The van der Waals surface area contributed by atoms with Crippen molar-refractivity contribution in [3.63, 3.8) is 0 Å². The van der Waals surface area contributed by atoms with Crippen LogP contribution >= 0.6 is 6.89 Å². The standard InChI is InChI=1S/C29H24NO3P/c1-33-23-19-17-22(18-20-23)30-28(31)21-27(29(30)32)34(24-11-5-2-6-12-24,25-13-7-3-8-14-25)26-15-9-4-10-16-26/h2-20H,21H2,1H3. The van der Waals surface area contributed by atoms with Gasteiger partial charge in [-0.2, -0.15) is 0 Å². The smallest absolute Gasteiger partial charge is 0.262 e. The Balaban J connectivity index is 1.84. The third-order valence-electron chi connectivity index (χ3n) is 6.18. The Morgan fingerprint density at radius 3 is 1.50 bits per heavy atom. The van der Waals surface area contributed by atoms with Gasteiger partial charge in [0, 0.05) is 5.29 Å². The Labute approximate surface area is 199 Å². The van der Waals surface area contributed by atoms with E-state index in [2.05, 4.69) is 36.4 Å². The number of hydrogen-bond acceptors (Lipinski definition) is 3. The van der Waals surface area contributed by atoms with Gasteiger partial charge >= 0.3 is 0 Å². The van der Waals surface area contributed by atoms with Gasteiger partial charge in [0.2, 0.25) is 5.91 Å². The molecule has 0 bridgehead atoms. The molecule has 1 aliphatic heterocycles. The Kier molecular flexibility index (Phi) is 5.91. The molecular weight excluding hydrogens is 441 g/mol. The topological polar surface area (TPSA) is 46.6 Å². The van der Waals surface area contributed by atoms with Crippen molar-refractivity contribution in [3.05, 3.63) is 115 Å². The molecule has 0 aliphatic carbocycles. The molecule has 0 spiro atoms. The average molecular weight is 465 g/mol. The molecule has 0 saturated carbocycles. The average Bonchev–Trinajstić information content (AvgIpc) is 3.20. The second kappa shape index (κ2) is 9.17. The second-order valence-electron chi connectivity index (χ2n) is 8.03. The van der Waals surface area contributed by atoms with Crippen LogP contribution in [0.1, 0.15) is 6.42 Å². The van der Waals surface area contributed by atoms with Gasteiger partial charge < -0.3 is 4.74 Å². The van der Waals surface area contributed by atoms with Crippen molar-refractivity contribution in [1.82, 2.24) is 0 Å². The van der Waals surface area contributed by atoms with Crippen molar-refractivity contribution in [1.29, 1.82) is 0 Å². The van der Waals surface area contributed by atoms with E-state index in [9.17, 15) is 9.59 Å². The fraction of sp³-hybridized carbons (Fsp3) is 0.0690. The Morgan fingerprint density at radius 1 is 0.647 bits per heavy atom. The molecule has 5 rings (SSSR count). The summed E-state index contributed by atoms with van der Waals surface area (Å²) in [4.78, 5) is 28.8. The highest BCUT2D eigenvalue weighted by molar-refractivity contribution is 7.96. The van der Waals surface area contributed by atoms with E-state index in [0.717, 1.165) is 15.9 Å². The van der Waals surface area contributed by atoms with Gasteiger partial charge in [0.1, 0.15) is 5.75 Å². The quantitative estimate of drug-likeness (QED) is 0.329. The number of methoxy groups -OCH3 is 1.